The van der Waals surface area contributed by atoms with Gasteiger partial charge in [-0.15, -0.1) is 0 Å². The Kier molecular flexibility index (Phi) is 3.33. The highest BCUT2D eigenvalue weighted by molar-refractivity contribution is 5.71. The Morgan fingerprint density at radius 2 is 2.29 bits per heavy atom. The number of rotatable bonds is 3. The van der Waals surface area contributed by atoms with Crippen molar-refractivity contribution in [3.05, 3.63) is 29.8 Å². The summed E-state index contributed by atoms with van der Waals surface area (Å²) in [6.07, 6.45) is 0.379. The maximum absolute atomic E-state index is 11.5. The summed E-state index contributed by atoms with van der Waals surface area (Å²) in [4.78, 5) is 11.5. The van der Waals surface area contributed by atoms with Crippen molar-refractivity contribution in [2.75, 3.05) is 13.2 Å². The lowest BCUT2D eigenvalue weighted by atomic mass is 9.85. The van der Waals surface area contributed by atoms with Crippen molar-refractivity contribution < 1.29 is 19.4 Å². The van der Waals surface area contributed by atoms with Crippen LogP contribution in [0.25, 0.3) is 0 Å². The van der Waals surface area contributed by atoms with Crippen LogP contribution in [0.5, 0.6) is 5.75 Å². The monoisotopic (exact) mass is 236 g/mol. The second-order valence-corrected chi connectivity index (χ2v) is 4.11. The number of hydrogen-bond donors (Lipinski definition) is 1. The number of esters is 1. The van der Waals surface area contributed by atoms with E-state index in [0.717, 1.165) is 0 Å². The van der Waals surface area contributed by atoms with Crippen LogP contribution in [0.1, 0.15) is 25.3 Å². The van der Waals surface area contributed by atoms with Crippen molar-refractivity contribution in [1.29, 1.82) is 0 Å². The van der Waals surface area contributed by atoms with E-state index >= 15 is 0 Å². The molecule has 1 heterocycles. The summed E-state index contributed by atoms with van der Waals surface area (Å²) < 4.78 is 10.3. The van der Waals surface area contributed by atoms with Crippen LogP contribution in [0, 0.1) is 0 Å². The normalized spacial score (nSPS) is 22.5. The number of hydrogen-bond acceptors (Lipinski definition) is 4. The first kappa shape index (κ1) is 11.9. The van der Waals surface area contributed by atoms with Gasteiger partial charge in [-0.2, -0.15) is 0 Å². The topological polar surface area (TPSA) is 55.8 Å². The van der Waals surface area contributed by atoms with Crippen LogP contribution in [0.2, 0.25) is 0 Å². The highest BCUT2D eigenvalue weighted by Crippen LogP contribution is 2.39. The predicted octanol–water partition coefficient (Wildman–Crippen LogP) is 1.61. The molecule has 0 saturated heterocycles. The highest BCUT2D eigenvalue weighted by atomic mass is 16.5. The molecule has 1 atom stereocenters. The summed E-state index contributed by atoms with van der Waals surface area (Å²) in [5.74, 6) is 0.261. The average Bonchev–Trinajstić information content (AvgIpc) is 2.29. The molecule has 0 amide bonds. The van der Waals surface area contributed by atoms with Gasteiger partial charge in [0, 0.05) is 12.0 Å². The molecule has 2 rings (SSSR count). The van der Waals surface area contributed by atoms with Crippen LogP contribution in [0.3, 0.4) is 0 Å². The largest absolute Gasteiger partial charge is 0.493 e. The minimum atomic E-state index is -1.17. The molecule has 4 nitrogen and oxygen atoms in total. The molecular weight excluding hydrogens is 220 g/mol. The molecule has 0 radical (unpaired) electrons. The molecule has 0 spiro atoms. The van der Waals surface area contributed by atoms with Gasteiger partial charge >= 0.3 is 5.97 Å². The molecule has 0 fully saturated rings. The van der Waals surface area contributed by atoms with Crippen LogP contribution in [-0.2, 0) is 15.1 Å². The van der Waals surface area contributed by atoms with Crippen LogP contribution in [-0.4, -0.2) is 24.3 Å². The van der Waals surface area contributed by atoms with E-state index in [1.54, 1.807) is 19.1 Å². The number of carbonyl (C=O) groups is 1. The van der Waals surface area contributed by atoms with Gasteiger partial charge in [-0.25, -0.2) is 0 Å². The molecular formula is C13H16O4. The minimum Gasteiger partial charge on any atom is -0.493 e. The molecule has 17 heavy (non-hydrogen) atoms. The fourth-order valence-electron chi connectivity index (χ4n) is 2.08. The molecule has 0 saturated carbocycles. The van der Waals surface area contributed by atoms with E-state index in [0.29, 0.717) is 30.9 Å². The summed E-state index contributed by atoms with van der Waals surface area (Å²) in [6, 6.07) is 7.25. The van der Waals surface area contributed by atoms with Crippen LogP contribution in [0.15, 0.2) is 24.3 Å². The van der Waals surface area contributed by atoms with Crippen LogP contribution >= 0.6 is 0 Å². The van der Waals surface area contributed by atoms with E-state index in [-0.39, 0.29) is 12.4 Å². The molecule has 1 aliphatic rings. The Labute approximate surface area is 100 Å². The SMILES string of the molecule is CCOC(=O)C[C@@]1(O)CCOc2ccccc21. The third-order valence-electron chi connectivity index (χ3n) is 2.90. The van der Waals surface area contributed by atoms with E-state index in [2.05, 4.69) is 0 Å². The minimum absolute atomic E-state index is 0.0266. The zero-order chi connectivity index (χ0) is 12.3. The molecule has 0 unspecified atom stereocenters. The fraction of sp³-hybridized carbons (Fsp3) is 0.462. The Balaban J connectivity index is 2.23. The van der Waals surface area contributed by atoms with Crippen molar-refractivity contribution in [1.82, 2.24) is 0 Å². The second-order valence-electron chi connectivity index (χ2n) is 4.11. The number of carbonyl (C=O) groups excluding carboxylic acids is 1. The van der Waals surface area contributed by atoms with Gasteiger partial charge in [0.25, 0.3) is 0 Å². The zero-order valence-electron chi connectivity index (χ0n) is 9.81. The van der Waals surface area contributed by atoms with E-state index in [1.807, 2.05) is 12.1 Å². The van der Waals surface area contributed by atoms with E-state index in [1.165, 1.54) is 0 Å². The lowest BCUT2D eigenvalue weighted by Crippen LogP contribution is -2.35. The van der Waals surface area contributed by atoms with Gasteiger partial charge in [0.2, 0.25) is 0 Å². The maximum atomic E-state index is 11.5. The molecule has 92 valence electrons. The molecule has 0 aliphatic carbocycles. The molecule has 1 N–H and O–H groups in total. The molecule has 1 aromatic rings. The summed E-state index contributed by atoms with van der Waals surface area (Å²) in [5, 5.41) is 10.5. The summed E-state index contributed by atoms with van der Waals surface area (Å²) in [6.45, 7) is 2.49. The van der Waals surface area contributed by atoms with Crippen molar-refractivity contribution in [2.45, 2.75) is 25.4 Å². The first-order chi connectivity index (χ1) is 8.15. The second kappa shape index (κ2) is 4.75. The third kappa shape index (κ3) is 2.42. The van der Waals surface area contributed by atoms with Crippen molar-refractivity contribution >= 4 is 5.97 Å². The third-order valence-corrected chi connectivity index (χ3v) is 2.90. The lowest BCUT2D eigenvalue weighted by Gasteiger charge is -2.33. The Bertz CT molecular complexity index is 416. The Hall–Kier alpha value is -1.55. The smallest absolute Gasteiger partial charge is 0.309 e. The molecule has 0 aromatic heterocycles. The molecule has 0 bridgehead atoms. The first-order valence-electron chi connectivity index (χ1n) is 5.76. The van der Waals surface area contributed by atoms with Gasteiger partial charge in [-0.3, -0.25) is 4.79 Å². The molecule has 1 aromatic carbocycles. The molecule has 4 heteroatoms. The van der Waals surface area contributed by atoms with Crippen molar-refractivity contribution in [2.24, 2.45) is 0 Å². The Morgan fingerprint density at radius 1 is 1.53 bits per heavy atom. The number of aliphatic hydroxyl groups is 1. The van der Waals surface area contributed by atoms with Gasteiger partial charge in [0.1, 0.15) is 11.4 Å². The summed E-state index contributed by atoms with van der Waals surface area (Å²) in [5.41, 5.74) is -0.500. The maximum Gasteiger partial charge on any atom is 0.309 e. The fourth-order valence-corrected chi connectivity index (χ4v) is 2.08. The standard InChI is InChI=1S/C13H16O4/c1-2-16-12(14)9-13(15)7-8-17-11-6-4-3-5-10(11)13/h3-6,15H,2,7-9H2,1H3/t13-/m0/s1. The van der Waals surface area contributed by atoms with E-state index in [9.17, 15) is 9.90 Å². The van der Waals surface area contributed by atoms with Gasteiger partial charge in [-0.1, -0.05) is 18.2 Å². The number of benzene rings is 1. The van der Waals surface area contributed by atoms with Gasteiger partial charge in [-0.05, 0) is 13.0 Å². The van der Waals surface area contributed by atoms with Gasteiger partial charge in [0.15, 0.2) is 0 Å². The Morgan fingerprint density at radius 3 is 3.06 bits per heavy atom. The summed E-state index contributed by atoms with van der Waals surface area (Å²) >= 11 is 0. The van der Waals surface area contributed by atoms with Gasteiger partial charge < -0.3 is 14.6 Å². The first-order valence-corrected chi connectivity index (χ1v) is 5.76. The summed E-state index contributed by atoms with van der Waals surface area (Å²) in [7, 11) is 0. The van der Waals surface area contributed by atoms with Gasteiger partial charge in [0.05, 0.1) is 19.6 Å². The predicted molar refractivity (Wildman–Crippen MR) is 61.7 cm³/mol. The number of fused-ring (bicyclic) bond motifs is 1. The average molecular weight is 236 g/mol. The van der Waals surface area contributed by atoms with E-state index < -0.39 is 5.60 Å². The molecule has 1 aliphatic heterocycles. The lowest BCUT2D eigenvalue weighted by molar-refractivity contribution is -0.150. The van der Waals surface area contributed by atoms with Crippen molar-refractivity contribution in [3.63, 3.8) is 0 Å². The van der Waals surface area contributed by atoms with Crippen LogP contribution in [0.4, 0.5) is 0 Å². The highest BCUT2D eigenvalue weighted by Gasteiger charge is 2.37. The quantitative estimate of drug-likeness (QED) is 0.810. The number of ether oxygens (including phenoxy) is 2. The van der Waals surface area contributed by atoms with Crippen LogP contribution < -0.4 is 4.74 Å². The number of para-hydroxylation sites is 1. The zero-order valence-corrected chi connectivity index (χ0v) is 9.81. The van der Waals surface area contributed by atoms with Crippen molar-refractivity contribution in [3.8, 4) is 5.75 Å². The van der Waals surface area contributed by atoms with E-state index in [4.69, 9.17) is 9.47 Å².